The highest BCUT2D eigenvalue weighted by Crippen LogP contribution is 2.50. The van der Waals surface area contributed by atoms with Gasteiger partial charge in [0, 0.05) is 81.9 Å². The maximum Gasteiger partial charge on any atom is 0.407 e. The Balaban J connectivity index is 0.915. The van der Waals surface area contributed by atoms with E-state index in [-0.39, 0.29) is 48.6 Å². The van der Waals surface area contributed by atoms with Gasteiger partial charge in [0.15, 0.2) is 9.84 Å². The number of carbonyl (C=O) groups is 3. The second-order valence-electron chi connectivity index (χ2n) is 17.3. The molecule has 14 heteroatoms. The molecule has 58 heavy (non-hydrogen) atoms. The van der Waals surface area contributed by atoms with Crippen molar-refractivity contribution in [2.75, 3.05) is 84.0 Å². The molecule has 7 rings (SSSR count). The van der Waals surface area contributed by atoms with Gasteiger partial charge < -0.3 is 30.1 Å². The smallest absolute Gasteiger partial charge is 0.407 e. The van der Waals surface area contributed by atoms with Crippen LogP contribution in [0.4, 0.5) is 14.9 Å². The van der Waals surface area contributed by atoms with Crippen LogP contribution >= 0.6 is 0 Å². The minimum Gasteiger partial charge on any atom is -0.453 e. The number of benzene rings is 2. The SMILES string of the molecule is COC(=O)N[C@H]1CCC[C@@H]1[C@](CNC(C)=O)(c1cccc(F)c1)C1CCN(CC2CN(c3ccc(S(=O)(=O)C4CN(C(=O)/C=C/CN5CCCCC5)C4)cc3)C2)CC1. The van der Waals surface area contributed by atoms with E-state index in [4.69, 9.17) is 4.74 Å². The average molecular weight is 821 g/mol. The summed E-state index contributed by atoms with van der Waals surface area (Å²) in [6.45, 7) is 9.69. The summed E-state index contributed by atoms with van der Waals surface area (Å²) in [6.07, 6.45) is 11.0. The maximum atomic E-state index is 14.9. The zero-order chi connectivity index (χ0) is 40.9. The van der Waals surface area contributed by atoms with Crippen molar-refractivity contribution < 1.29 is 31.9 Å². The number of nitrogens with zero attached hydrogens (tertiary/aromatic N) is 4. The number of rotatable bonds is 14. The molecule has 0 radical (unpaired) electrons. The lowest BCUT2D eigenvalue weighted by molar-refractivity contribution is -0.129. The normalized spacial score (nSPS) is 23.9. The van der Waals surface area contributed by atoms with Crippen LogP contribution in [0.15, 0.2) is 65.6 Å². The van der Waals surface area contributed by atoms with Crippen molar-refractivity contribution in [1.29, 1.82) is 0 Å². The Hall–Kier alpha value is -4.01. The molecule has 0 unspecified atom stereocenters. The summed E-state index contributed by atoms with van der Waals surface area (Å²) in [5.41, 5.74) is 1.30. The number of carbonyl (C=O) groups excluding carboxylic acids is 3. The molecule has 0 spiro atoms. The number of anilines is 1. The summed E-state index contributed by atoms with van der Waals surface area (Å²) in [7, 11) is -2.18. The molecule has 4 aliphatic heterocycles. The number of alkyl carbamates (subject to hydrolysis) is 1. The van der Waals surface area contributed by atoms with Gasteiger partial charge in [0.2, 0.25) is 11.8 Å². The van der Waals surface area contributed by atoms with E-state index in [9.17, 15) is 27.2 Å². The molecule has 1 aliphatic carbocycles. The Morgan fingerprint density at radius 2 is 1.62 bits per heavy atom. The predicted octanol–water partition coefficient (Wildman–Crippen LogP) is 4.60. The number of amides is 3. The molecule has 2 aromatic carbocycles. The Labute approximate surface area is 343 Å². The van der Waals surface area contributed by atoms with Crippen molar-refractivity contribution in [3.05, 3.63) is 72.1 Å². The molecule has 3 atom stereocenters. The second kappa shape index (κ2) is 18.5. The molecular formula is C44H61FN6O6S. The molecule has 4 saturated heterocycles. The molecule has 5 aliphatic rings. The van der Waals surface area contributed by atoms with Crippen LogP contribution in [0.25, 0.3) is 0 Å². The van der Waals surface area contributed by atoms with E-state index in [1.54, 1.807) is 35.2 Å². The van der Waals surface area contributed by atoms with Gasteiger partial charge in [0.25, 0.3) is 0 Å². The number of ether oxygens (including phenoxy) is 1. The third kappa shape index (κ3) is 9.39. The molecular weight excluding hydrogens is 760 g/mol. The number of sulfone groups is 1. The van der Waals surface area contributed by atoms with Gasteiger partial charge in [0.1, 0.15) is 11.1 Å². The summed E-state index contributed by atoms with van der Waals surface area (Å²) in [5.74, 6) is 0.0550. The molecule has 0 aromatic heterocycles. The van der Waals surface area contributed by atoms with E-state index >= 15 is 0 Å². The summed E-state index contributed by atoms with van der Waals surface area (Å²) >= 11 is 0. The van der Waals surface area contributed by atoms with E-state index in [2.05, 4.69) is 25.3 Å². The first kappa shape index (κ1) is 42.1. The van der Waals surface area contributed by atoms with Gasteiger partial charge in [-0.05, 0) is 119 Å². The first-order valence-corrected chi connectivity index (χ1v) is 22.8. The summed E-state index contributed by atoms with van der Waals surface area (Å²) < 4.78 is 46.7. The van der Waals surface area contributed by atoms with Crippen molar-refractivity contribution in [3.8, 4) is 0 Å². The molecule has 5 fully saturated rings. The summed E-state index contributed by atoms with van der Waals surface area (Å²) in [6, 6.07) is 13.8. The lowest BCUT2D eigenvalue weighted by Gasteiger charge is -2.51. The van der Waals surface area contributed by atoms with Gasteiger partial charge in [-0.2, -0.15) is 0 Å². The second-order valence-corrected chi connectivity index (χ2v) is 19.5. The fourth-order valence-corrected chi connectivity index (χ4v) is 12.1. The first-order chi connectivity index (χ1) is 28.0. The highest BCUT2D eigenvalue weighted by atomic mass is 32.2. The monoisotopic (exact) mass is 820 g/mol. The molecule has 0 bridgehead atoms. The van der Waals surface area contributed by atoms with Crippen molar-refractivity contribution in [3.63, 3.8) is 0 Å². The quantitative estimate of drug-likeness (QED) is 0.263. The number of likely N-dealkylation sites (tertiary alicyclic amines) is 3. The van der Waals surface area contributed by atoms with Gasteiger partial charge in [-0.25, -0.2) is 17.6 Å². The number of hydrogen-bond acceptors (Lipinski definition) is 9. The fraction of sp³-hybridized carbons (Fsp3) is 0.614. The van der Waals surface area contributed by atoms with Gasteiger partial charge >= 0.3 is 6.09 Å². The number of methoxy groups -OCH3 is 1. The Bertz CT molecular complexity index is 1890. The summed E-state index contributed by atoms with van der Waals surface area (Å²) in [5, 5.41) is 5.60. The zero-order valence-electron chi connectivity index (χ0n) is 34.1. The Morgan fingerprint density at radius 3 is 2.29 bits per heavy atom. The van der Waals surface area contributed by atoms with Crippen molar-refractivity contribution >= 4 is 33.4 Å². The number of piperidine rings is 2. The van der Waals surface area contributed by atoms with Gasteiger partial charge in [-0.3, -0.25) is 14.5 Å². The standard InChI is InChI=1S/C44H61FN6O6S/c1-32(52)46-31-44(35-9-6-10-36(45)25-35,40-11-7-12-41(40)47-43(54)57-2)34-18-23-49(24-19-34)26-33-27-50(28-33)37-14-16-38(17-15-37)58(55,56)39-29-51(30-39)42(53)13-8-22-48-20-4-3-5-21-48/h6,8-10,13-17,25,33-34,39-41H,3-5,7,11-12,18-24,26-31H2,1-2H3,(H,46,52)(H,47,54)/b13-8+/t40-,41-,44-/m0/s1. The highest BCUT2D eigenvalue weighted by Gasteiger charge is 2.52. The topological polar surface area (TPSA) is 132 Å². The molecule has 1 saturated carbocycles. The molecule has 2 N–H and O–H groups in total. The zero-order valence-corrected chi connectivity index (χ0v) is 34.9. The van der Waals surface area contributed by atoms with E-state index < -0.39 is 26.6 Å². The number of halogens is 1. The van der Waals surface area contributed by atoms with Crippen LogP contribution in [-0.4, -0.2) is 131 Å². The third-order valence-corrected chi connectivity index (χ3v) is 15.8. The largest absolute Gasteiger partial charge is 0.453 e. The van der Waals surface area contributed by atoms with Crippen molar-refractivity contribution in [2.24, 2.45) is 17.8 Å². The molecule has 316 valence electrons. The van der Waals surface area contributed by atoms with Gasteiger partial charge in [-0.15, -0.1) is 0 Å². The molecule has 4 heterocycles. The maximum absolute atomic E-state index is 14.9. The fourth-order valence-electron chi connectivity index (χ4n) is 10.4. The Morgan fingerprint density at radius 1 is 0.897 bits per heavy atom. The lowest BCUT2D eigenvalue weighted by atomic mass is 9.58. The summed E-state index contributed by atoms with van der Waals surface area (Å²) in [4.78, 5) is 46.5. The van der Waals surface area contributed by atoms with Crippen molar-refractivity contribution in [2.45, 2.75) is 79.9 Å². The number of nitrogens with one attached hydrogen (secondary N) is 2. The molecule has 2 aromatic rings. The van der Waals surface area contributed by atoms with Gasteiger partial charge in [0.05, 0.1) is 12.0 Å². The first-order valence-electron chi connectivity index (χ1n) is 21.3. The van der Waals surface area contributed by atoms with E-state index in [1.807, 2.05) is 24.3 Å². The van der Waals surface area contributed by atoms with Crippen LogP contribution in [0.1, 0.15) is 63.9 Å². The van der Waals surface area contributed by atoms with E-state index in [0.29, 0.717) is 17.4 Å². The predicted molar refractivity (Wildman–Crippen MR) is 222 cm³/mol. The van der Waals surface area contributed by atoms with Crippen molar-refractivity contribution in [1.82, 2.24) is 25.3 Å². The van der Waals surface area contributed by atoms with Crippen LogP contribution < -0.4 is 15.5 Å². The van der Waals surface area contributed by atoms with Gasteiger partial charge in [-0.1, -0.05) is 31.1 Å². The van der Waals surface area contributed by atoms with Crippen LogP contribution in [-0.2, 0) is 29.6 Å². The lowest BCUT2D eigenvalue weighted by Crippen LogP contribution is -2.58. The van der Waals surface area contributed by atoms with Crippen LogP contribution in [0.3, 0.4) is 0 Å². The number of hydrogen-bond donors (Lipinski definition) is 2. The molecule has 12 nitrogen and oxygen atoms in total. The van der Waals surface area contributed by atoms with Crippen LogP contribution in [0.5, 0.6) is 0 Å². The molecule has 3 amide bonds. The van der Waals surface area contributed by atoms with E-state index in [1.165, 1.54) is 39.4 Å². The minimum absolute atomic E-state index is 0.00695. The van der Waals surface area contributed by atoms with Crippen LogP contribution in [0.2, 0.25) is 0 Å². The van der Waals surface area contributed by atoms with E-state index in [0.717, 1.165) is 95.7 Å². The third-order valence-electron chi connectivity index (χ3n) is 13.6. The minimum atomic E-state index is -3.54. The highest BCUT2D eigenvalue weighted by molar-refractivity contribution is 7.92. The Kier molecular flexibility index (Phi) is 13.4. The van der Waals surface area contributed by atoms with Crippen LogP contribution in [0, 0.1) is 23.6 Å². The average Bonchev–Trinajstić information content (AvgIpc) is 3.64.